The monoisotopic (exact) mass is 458 g/mol. The summed E-state index contributed by atoms with van der Waals surface area (Å²) in [5, 5.41) is 0.526. The molecule has 0 aliphatic carbocycles. The summed E-state index contributed by atoms with van der Waals surface area (Å²) in [6, 6.07) is 14.0. The lowest BCUT2D eigenvalue weighted by Gasteiger charge is -2.30. The molecule has 0 radical (unpaired) electrons. The van der Waals surface area contributed by atoms with Crippen molar-refractivity contribution < 1.29 is 14.3 Å². The molecule has 0 saturated carbocycles. The van der Waals surface area contributed by atoms with E-state index in [0.717, 1.165) is 21.8 Å². The minimum atomic E-state index is -0.645. The fourth-order valence-corrected chi connectivity index (χ4v) is 6.75. The molecule has 2 amide bonds. The largest absolute Gasteiger partial charge is 0.496 e. The van der Waals surface area contributed by atoms with Gasteiger partial charge in [0.2, 0.25) is 11.8 Å². The number of anilines is 1. The SMILES string of the molecule is COc1ccccc1C1c2sc(=O)[nH]c2SC2C(=O)N(c3ccc(Cl)cc3)C(=O)C21. The number of ether oxygens (including phenoxy) is 1. The molecule has 30 heavy (non-hydrogen) atoms. The maximum atomic E-state index is 13.6. The summed E-state index contributed by atoms with van der Waals surface area (Å²) in [4.78, 5) is 43.6. The first-order chi connectivity index (χ1) is 14.5. The van der Waals surface area contributed by atoms with E-state index in [9.17, 15) is 14.4 Å². The number of amides is 2. The molecule has 3 heterocycles. The molecule has 6 nitrogen and oxygen atoms in total. The average Bonchev–Trinajstić information content (AvgIpc) is 3.24. The number of aromatic nitrogens is 1. The fourth-order valence-electron chi connectivity index (χ4n) is 4.12. The molecule has 0 spiro atoms. The van der Waals surface area contributed by atoms with Crippen LogP contribution in [0.4, 0.5) is 5.69 Å². The quantitative estimate of drug-likeness (QED) is 0.602. The molecule has 2 aromatic carbocycles. The number of hydrogen-bond acceptors (Lipinski definition) is 6. The summed E-state index contributed by atoms with van der Waals surface area (Å²) < 4.78 is 5.54. The topological polar surface area (TPSA) is 79.5 Å². The predicted molar refractivity (Wildman–Crippen MR) is 117 cm³/mol. The van der Waals surface area contributed by atoms with Crippen LogP contribution in [0, 0.1) is 5.92 Å². The van der Waals surface area contributed by atoms with Gasteiger partial charge in [-0.15, -0.1) is 0 Å². The lowest BCUT2D eigenvalue weighted by Crippen LogP contribution is -2.32. The Morgan fingerprint density at radius 1 is 1.03 bits per heavy atom. The highest BCUT2D eigenvalue weighted by atomic mass is 35.5. The molecule has 1 aromatic heterocycles. The number of nitrogens with one attached hydrogen (secondary N) is 1. The van der Waals surface area contributed by atoms with Gasteiger partial charge in [-0.25, -0.2) is 4.90 Å². The third kappa shape index (κ3) is 2.90. The zero-order valence-electron chi connectivity index (χ0n) is 15.6. The lowest BCUT2D eigenvalue weighted by atomic mass is 9.82. The Hall–Kier alpha value is -2.55. The first-order valence-corrected chi connectivity index (χ1v) is 11.2. The summed E-state index contributed by atoms with van der Waals surface area (Å²) in [7, 11) is 1.57. The van der Waals surface area contributed by atoms with Crippen LogP contribution < -0.4 is 14.5 Å². The van der Waals surface area contributed by atoms with Crippen LogP contribution in [-0.2, 0) is 9.59 Å². The molecule has 3 aromatic rings. The van der Waals surface area contributed by atoms with Crippen molar-refractivity contribution in [2.24, 2.45) is 5.92 Å². The molecular formula is C21H15ClN2O4S2. The second-order valence-electron chi connectivity index (χ2n) is 6.98. The third-order valence-corrected chi connectivity index (χ3v) is 8.04. The number of hydrogen-bond donors (Lipinski definition) is 1. The van der Waals surface area contributed by atoms with Crippen LogP contribution in [0.25, 0.3) is 0 Å². The van der Waals surface area contributed by atoms with E-state index in [1.54, 1.807) is 31.4 Å². The highest BCUT2D eigenvalue weighted by molar-refractivity contribution is 8.00. The van der Waals surface area contributed by atoms with E-state index in [2.05, 4.69) is 4.98 Å². The van der Waals surface area contributed by atoms with Crippen LogP contribution in [0.1, 0.15) is 16.4 Å². The number of halogens is 1. The molecule has 2 aliphatic heterocycles. The number of fused-ring (bicyclic) bond motifs is 2. The van der Waals surface area contributed by atoms with Crippen molar-refractivity contribution in [1.82, 2.24) is 4.98 Å². The van der Waals surface area contributed by atoms with Crippen molar-refractivity contribution in [3.05, 3.63) is 73.7 Å². The summed E-state index contributed by atoms with van der Waals surface area (Å²) in [6.45, 7) is 0. The van der Waals surface area contributed by atoms with Crippen molar-refractivity contribution in [2.75, 3.05) is 12.0 Å². The molecule has 3 atom stereocenters. The number of thioether (sulfide) groups is 1. The van der Waals surface area contributed by atoms with E-state index in [1.165, 1.54) is 16.7 Å². The van der Waals surface area contributed by atoms with E-state index >= 15 is 0 Å². The van der Waals surface area contributed by atoms with Gasteiger partial charge in [-0.2, -0.15) is 0 Å². The smallest absolute Gasteiger partial charge is 0.305 e. The maximum Gasteiger partial charge on any atom is 0.305 e. The zero-order chi connectivity index (χ0) is 21.0. The molecule has 152 valence electrons. The second kappa shape index (κ2) is 7.30. The Kier molecular flexibility index (Phi) is 4.72. The van der Waals surface area contributed by atoms with Gasteiger partial charge in [0.15, 0.2) is 0 Å². The summed E-state index contributed by atoms with van der Waals surface area (Å²) in [6.07, 6.45) is 0. The van der Waals surface area contributed by atoms with Gasteiger partial charge in [0.25, 0.3) is 0 Å². The number of benzene rings is 2. The number of methoxy groups -OCH3 is 1. The van der Waals surface area contributed by atoms with Crippen LogP contribution in [0.5, 0.6) is 5.75 Å². The third-order valence-electron chi connectivity index (χ3n) is 5.38. The van der Waals surface area contributed by atoms with Crippen LogP contribution in [0.3, 0.4) is 0 Å². The molecule has 1 N–H and O–H groups in total. The number of rotatable bonds is 3. The van der Waals surface area contributed by atoms with Gasteiger partial charge in [0, 0.05) is 21.4 Å². The first-order valence-electron chi connectivity index (χ1n) is 9.15. The molecule has 1 fully saturated rings. The summed E-state index contributed by atoms with van der Waals surface area (Å²) in [5.41, 5.74) is 1.27. The zero-order valence-corrected chi connectivity index (χ0v) is 18.0. The average molecular weight is 459 g/mol. The van der Waals surface area contributed by atoms with Crippen molar-refractivity contribution in [1.29, 1.82) is 0 Å². The molecule has 0 bridgehead atoms. The van der Waals surface area contributed by atoms with E-state index in [4.69, 9.17) is 16.3 Å². The van der Waals surface area contributed by atoms with Crippen molar-refractivity contribution in [3.63, 3.8) is 0 Å². The Morgan fingerprint density at radius 2 is 1.77 bits per heavy atom. The standard InChI is InChI=1S/C21H15ClN2O4S2/c1-28-13-5-3-2-4-12(13)14-15-17(29-18-16(14)30-21(27)23-18)20(26)24(19(15)25)11-8-6-10(22)7-9-11/h2-9,14-15,17H,1H3,(H,23,27). The number of imide groups is 1. The van der Waals surface area contributed by atoms with Crippen LogP contribution in [0.15, 0.2) is 58.4 Å². The number of H-pyrrole nitrogens is 1. The van der Waals surface area contributed by atoms with E-state index in [1.807, 2.05) is 24.3 Å². The number of carbonyl (C=O) groups excluding carboxylic acids is 2. The minimum Gasteiger partial charge on any atom is -0.496 e. The van der Waals surface area contributed by atoms with Crippen LogP contribution >= 0.6 is 34.7 Å². The second-order valence-corrected chi connectivity index (χ2v) is 9.58. The number of carbonyl (C=O) groups is 2. The van der Waals surface area contributed by atoms with Crippen molar-refractivity contribution >= 4 is 52.2 Å². The Morgan fingerprint density at radius 3 is 2.50 bits per heavy atom. The number of nitrogens with zero attached hydrogens (tertiary/aromatic N) is 1. The Bertz CT molecular complexity index is 1220. The van der Waals surface area contributed by atoms with Crippen LogP contribution in [-0.4, -0.2) is 29.2 Å². The number of aromatic amines is 1. The molecule has 5 rings (SSSR count). The van der Waals surface area contributed by atoms with E-state index < -0.39 is 17.1 Å². The van der Waals surface area contributed by atoms with Crippen molar-refractivity contribution in [2.45, 2.75) is 16.2 Å². The molecule has 9 heteroatoms. The molecule has 1 saturated heterocycles. The Balaban J connectivity index is 1.67. The summed E-state index contributed by atoms with van der Waals surface area (Å²) >= 11 is 8.30. The van der Waals surface area contributed by atoms with Gasteiger partial charge in [-0.05, 0) is 30.3 Å². The highest BCUT2D eigenvalue weighted by Gasteiger charge is 2.56. The lowest BCUT2D eigenvalue weighted by molar-refractivity contribution is -0.122. The van der Waals surface area contributed by atoms with Gasteiger partial charge < -0.3 is 9.72 Å². The normalized spacial score (nSPS) is 22.7. The number of thiazole rings is 1. The Labute approximate surface area is 184 Å². The predicted octanol–water partition coefficient (Wildman–Crippen LogP) is 3.89. The van der Waals surface area contributed by atoms with Gasteiger partial charge in [-0.3, -0.25) is 14.4 Å². The van der Waals surface area contributed by atoms with Gasteiger partial charge in [0.1, 0.15) is 11.0 Å². The molecule has 3 unspecified atom stereocenters. The van der Waals surface area contributed by atoms with Gasteiger partial charge >= 0.3 is 4.87 Å². The fraction of sp³-hybridized carbons (Fsp3) is 0.190. The van der Waals surface area contributed by atoms with Gasteiger partial charge in [0.05, 0.1) is 23.7 Å². The van der Waals surface area contributed by atoms with Crippen LogP contribution in [0.2, 0.25) is 5.02 Å². The van der Waals surface area contributed by atoms with Gasteiger partial charge in [-0.1, -0.05) is 52.9 Å². The number of para-hydroxylation sites is 1. The summed E-state index contributed by atoms with van der Waals surface area (Å²) in [5.74, 6) is -1.07. The van der Waals surface area contributed by atoms with E-state index in [0.29, 0.717) is 21.5 Å². The van der Waals surface area contributed by atoms with E-state index in [-0.39, 0.29) is 16.7 Å². The first kappa shape index (κ1) is 19.4. The minimum absolute atomic E-state index is 0.207. The molecule has 2 aliphatic rings. The van der Waals surface area contributed by atoms with Crippen molar-refractivity contribution in [3.8, 4) is 5.75 Å². The molecular weight excluding hydrogens is 444 g/mol. The highest BCUT2D eigenvalue weighted by Crippen LogP contribution is 2.54. The maximum absolute atomic E-state index is 13.6.